The van der Waals surface area contributed by atoms with Gasteiger partial charge in [0.05, 0.1) is 16.6 Å². The lowest BCUT2D eigenvalue weighted by atomic mass is 10.1. The highest BCUT2D eigenvalue weighted by atomic mass is 19.2. The number of imidazole rings is 1. The van der Waals surface area contributed by atoms with Gasteiger partial charge < -0.3 is 15.6 Å². The van der Waals surface area contributed by atoms with E-state index < -0.39 is 17.5 Å². The fourth-order valence-corrected chi connectivity index (χ4v) is 3.85. The van der Waals surface area contributed by atoms with E-state index in [0.717, 1.165) is 28.8 Å². The number of fused-ring (bicyclic) bond motifs is 1. The van der Waals surface area contributed by atoms with Crippen LogP contribution in [0.25, 0.3) is 22.3 Å². The molecule has 0 atom stereocenters. The lowest BCUT2D eigenvalue weighted by molar-refractivity contribution is 0.0951. The number of carbonyl (C=O) groups excluding carboxylic acids is 1. The van der Waals surface area contributed by atoms with Crippen LogP contribution < -0.4 is 16.3 Å². The Labute approximate surface area is 214 Å². The zero-order chi connectivity index (χ0) is 26.6. The topological polar surface area (TPSA) is 139 Å². The Kier molecular flexibility index (Phi) is 6.61. The number of nitrogens with zero attached hydrogens (tertiary/aromatic N) is 3. The maximum atomic E-state index is 13.5. The van der Waals surface area contributed by atoms with Gasteiger partial charge in [-0.15, -0.1) is 0 Å². The Hall–Kier alpha value is -5.37. The summed E-state index contributed by atoms with van der Waals surface area (Å²) < 4.78 is 26.6. The van der Waals surface area contributed by atoms with Crippen LogP contribution in [0.1, 0.15) is 27.0 Å². The largest absolute Gasteiger partial charge is 0.365 e. The quantitative estimate of drug-likeness (QED) is 0.260. The number of halogens is 2. The highest BCUT2D eigenvalue weighted by Gasteiger charge is 2.15. The number of anilines is 1. The third kappa shape index (κ3) is 5.24. The van der Waals surface area contributed by atoms with Crippen LogP contribution in [-0.4, -0.2) is 25.8 Å². The van der Waals surface area contributed by atoms with Crippen LogP contribution in [0.4, 0.5) is 14.6 Å². The fraction of sp³-hybridized carbons (Fsp3) is 0.0741. The Bertz CT molecular complexity index is 1750. The molecule has 0 aliphatic rings. The van der Waals surface area contributed by atoms with Crippen molar-refractivity contribution in [1.82, 2.24) is 25.3 Å². The van der Waals surface area contributed by atoms with Gasteiger partial charge >= 0.3 is 5.69 Å². The normalized spacial score (nSPS) is 10.8. The van der Waals surface area contributed by atoms with Crippen molar-refractivity contribution in [3.8, 4) is 17.2 Å². The lowest BCUT2D eigenvalue weighted by Crippen LogP contribution is -2.24. The van der Waals surface area contributed by atoms with Crippen molar-refractivity contribution in [1.29, 1.82) is 5.26 Å². The Morgan fingerprint density at radius 3 is 2.45 bits per heavy atom. The first-order valence-electron chi connectivity index (χ1n) is 11.4. The molecule has 0 radical (unpaired) electrons. The van der Waals surface area contributed by atoms with E-state index in [-0.39, 0.29) is 29.2 Å². The number of carbonyl (C=O) groups is 1. The average molecular weight is 511 g/mol. The summed E-state index contributed by atoms with van der Waals surface area (Å²) in [7, 11) is 0. The standard InChI is InChI=1S/C27H19F2N7O2/c28-21-6-3-16(8-22(21)29)12-34-26(37)20-7-17(10-30)13-32-24(20)31-11-15-1-4-18(5-2-15)19-9-23-25(33-14-19)36-27(38)35-23/h1-9,13-14H,11-12H2,(H,31,32)(H,34,37)(H2,33,35,36,38). The summed E-state index contributed by atoms with van der Waals surface area (Å²) in [4.78, 5) is 38.1. The van der Waals surface area contributed by atoms with Crippen LogP contribution in [-0.2, 0) is 13.1 Å². The Balaban J connectivity index is 1.29. The van der Waals surface area contributed by atoms with Gasteiger partial charge in [-0.05, 0) is 41.0 Å². The van der Waals surface area contributed by atoms with E-state index >= 15 is 0 Å². The van der Waals surface area contributed by atoms with Gasteiger partial charge in [0.2, 0.25) is 0 Å². The van der Waals surface area contributed by atoms with E-state index in [2.05, 4.69) is 30.6 Å². The number of nitriles is 1. The molecule has 0 fully saturated rings. The zero-order valence-electron chi connectivity index (χ0n) is 19.7. The molecule has 0 saturated carbocycles. The van der Waals surface area contributed by atoms with Crippen LogP contribution in [0.15, 0.2) is 71.8 Å². The van der Waals surface area contributed by atoms with Crippen molar-refractivity contribution in [2.24, 2.45) is 0 Å². The Morgan fingerprint density at radius 2 is 1.68 bits per heavy atom. The minimum Gasteiger partial charge on any atom is -0.365 e. The molecule has 0 aliphatic heterocycles. The third-order valence-corrected chi connectivity index (χ3v) is 5.81. The molecule has 4 N–H and O–H groups in total. The number of amides is 1. The first kappa shape index (κ1) is 24.3. The van der Waals surface area contributed by atoms with Gasteiger partial charge in [-0.25, -0.2) is 23.5 Å². The van der Waals surface area contributed by atoms with E-state index in [4.69, 9.17) is 0 Å². The number of H-pyrrole nitrogens is 2. The summed E-state index contributed by atoms with van der Waals surface area (Å²) in [5, 5.41) is 15.0. The molecule has 38 heavy (non-hydrogen) atoms. The zero-order valence-corrected chi connectivity index (χ0v) is 19.7. The maximum absolute atomic E-state index is 13.5. The second kappa shape index (κ2) is 10.3. The maximum Gasteiger partial charge on any atom is 0.325 e. The second-order valence-electron chi connectivity index (χ2n) is 8.41. The summed E-state index contributed by atoms with van der Waals surface area (Å²) in [5.41, 5.74) is 4.14. The van der Waals surface area contributed by atoms with Gasteiger partial charge in [-0.3, -0.25) is 9.78 Å². The highest BCUT2D eigenvalue weighted by molar-refractivity contribution is 5.99. The molecule has 0 spiro atoms. The van der Waals surface area contributed by atoms with Crippen LogP contribution in [0.2, 0.25) is 0 Å². The van der Waals surface area contributed by atoms with Crippen molar-refractivity contribution in [3.63, 3.8) is 0 Å². The van der Waals surface area contributed by atoms with Crippen molar-refractivity contribution in [2.45, 2.75) is 13.1 Å². The fourth-order valence-electron chi connectivity index (χ4n) is 3.85. The van der Waals surface area contributed by atoms with E-state index in [9.17, 15) is 23.6 Å². The molecule has 9 nitrogen and oxygen atoms in total. The van der Waals surface area contributed by atoms with Crippen molar-refractivity contribution >= 4 is 22.9 Å². The first-order chi connectivity index (χ1) is 18.4. The number of nitrogens with one attached hydrogen (secondary N) is 4. The van der Waals surface area contributed by atoms with Crippen LogP contribution in [0, 0.1) is 23.0 Å². The van der Waals surface area contributed by atoms with Crippen LogP contribution >= 0.6 is 0 Å². The lowest BCUT2D eigenvalue weighted by Gasteiger charge is -2.12. The van der Waals surface area contributed by atoms with Gasteiger partial charge in [-0.2, -0.15) is 5.26 Å². The van der Waals surface area contributed by atoms with E-state index in [0.29, 0.717) is 23.3 Å². The summed E-state index contributed by atoms with van der Waals surface area (Å²) in [6.07, 6.45) is 3.03. The molecule has 0 bridgehead atoms. The second-order valence-corrected chi connectivity index (χ2v) is 8.41. The van der Waals surface area contributed by atoms with Gasteiger partial charge in [-0.1, -0.05) is 30.3 Å². The predicted octanol–water partition coefficient (Wildman–Crippen LogP) is 4.01. The molecule has 5 aromatic rings. The van der Waals surface area contributed by atoms with Crippen molar-refractivity contribution in [2.75, 3.05) is 5.32 Å². The predicted molar refractivity (Wildman–Crippen MR) is 136 cm³/mol. The summed E-state index contributed by atoms with van der Waals surface area (Å²) in [6, 6.07) is 16.2. The van der Waals surface area contributed by atoms with Gasteiger partial charge in [0.1, 0.15) is 11.9 Å². The summed E-state index contributed by atoms with van der Waals surface area (Å²) in [5.74, 6) is -2.24. The summed E-state index contributed by atoms with van der Waals surface area (Å²) >= 11 is 0. The van der Waals surface area contributed by atoms with Crippen LogP contribution in [0.3, 0.4) is 0 Å². The molecular formula is C27H19F2N7O2. The van der Waals surface area contributed by atoms with Gasteiger partial charge in [0.15, 0.2) is 17.3 Å². The van der Waals surface area contributed by atoms with E-state index in [1.54, 1.807) is 6.20 Å². The number of pyridine rings is 2. The Morgan fingerprint density at radius 1 is 0.895 bits per heavy atom. The smallest absolute Gasteiger partial charge is 0.325 e. The minimum absolute atomic E-state index is 0.0367. The first-order valence-corrected chi connectivity index (χ1v) is 11.4. The average Bonchev–Trinajstić information content (AvgIpc) is 3.31. The molecule has 3 aromatic heterocycles. The minimum atomic E-state index is -1.01. The molecule has 1 amide bonds. The molecule has 2 aromatic carbocycles. The number of benzene rings is 2. The number of aromatic amines is 2. The van der Waals surface area contributed by atoms with Crippen molar-refractivity contribution < 1.29 is 13.6 Å². The number of hydrogen-bond donors (Lipinski definition) is 4. The molecule has 0 aliphatic carbocycles. The summed E-state index contributed by atoms with van der Waals surface area (Å²) in [6.45, 7) is 0.302. The molecule has 0 saturated heterocycles. The monoisotopic (exact) mass is 511 g/mol. The molecule has 11 heteroatoms. The number of rotatable bonds is 7. The van der Waals surface area contributed by atoms with Gasteiger partial charge in [0.25, 0.3) is 5.91 Å². The third-order valence-electron chi connectivity index (χ3n) is 5.81. The molecule has 188 valence electrons. The number of hydrogen-bond acceptors (Lipinski definition) is 6. The van der Waals surface area contributed by atoms with Crippen molar-refractivity contribution in [3.05, 3.63) is 111 Å². The van der Waals surface area contributed by atoms with E-state index in [1.807, 2.05) is 36.4 Å². The molecular weight excluding hydrogens is 492 g/mol. The SMILES string of the molecule is N#Cc1cnc(NCc2ccc(-c3cnc4[nH]c(=O)[nH]c4c3)cc2)c(C(=O)NCc2ccc(F)c(F)c2)c1. The van der Waals surface area contributed by atoms with E-state index in [1.165, 1.54) is 18.3 Å². The highest BCUT2D eigenvalue weighted by Crippen LogP contribution is 2.22. The number of aromatic nitrogens is 4. The van der Waals surface area contributed by atoms with Gasteiger partial charge in [0, 0.05) is 31.0 Å². The van der Waals surface area contributed by atoms with Crippen LogP contribution in [0.5, 0.6) is 0 Å². The molecule has 5 rings (SSSR count). The molecule has 0 unspecified atom stereocenters. The molecule has 3 heterocycles.